The molecule has 1 N–H and O–H groups in total. The molecule has 0 aromatic rings. The molecule has 0 bridgehead atoms. The van der Waals surface area contributed by atoms with Crippen molar-refractivity contribution in [2.45, 2.75) is 52.5 Å². The van der Waals surface area contributed by atoms with Crippen LogP contribution in [0.5, 0.6) is 0 Å². The van der Waals surface area contributed by atoms with Crippen molar-refractivity contribution < 1.29 is 14.7 Å². The average Bonchev–Trinajstić information content (AvgIpc) is 2.38. The highest BCUT2D eigenvalue weighted by Crippen LogP contribution is 2.21. The molecular formula is C14H26N2O3. The topological polar surface area (TPSA) is 60.9 Å². The molecule has 2 amide bonds. The number of nitrogens with zero attached hydrogens (tertiary/aromatic N) is 2. The van der Waals surface area contributed by atoms with Crippen LogP contribution in [0.2, 0.25) is 0 Å². The van der Waals surface area contributed by atoms with Gasteiger partial charge >= 0.3 is 12.0 Å². The Morgan fingerprint density at radius 2 is 2.11 bits per heavy atom. The van der Waals surface area contributed by atoms with Gasteiger partial charge in [-0.3, -0.25) is 4.79 Å². The van der Waals surface area contributed by atoms with E-state index in [2.05, 4.69) is 6.92 Å². The summed E-state index contributed by atoms with van der Waals surface area (Å²) in [5, 5.41) is 8.85. The van der Waals surface area contributed by atoms with Crippen molar-refractivity contribution in [3.63, 3.8) is 0 Å². The van der Waals surface area contributed by atoms with Crippen LogP contribution in [0.3, 0.4) is 0 Å². The summed E-state index contributed by atoms with van der Waals surface area (Å²) in [5.41, 5.74) is 0. The van der Waals surface area contributed by atoms with E-state index in [1.54, 1.807) is 11.8 Å². The van der Waals surface area contributed by atoms with Crippen LogP contribution in [-0.4, -0.2) is 52.6 Å². The Hall–Kier alpha value is -1.26. The molecule has 0 spiro atoms. The zero-order chi connectivity index (χ0) is 14.4. The van der Waals surface area contributed by atoms with Crippen LogP contribution in [0.25, 0.3) is 0 Å². The number of piperidine rings is 1. The smallest absolute Gasteiger partial charge is 0.320 e. The van der Waals surface area contributed by atoms with Crippen molar-refractivity contribution in [2.75, 3.05) is 19.6 Å². The lowest BCUT2D eigenvalue weighted by Crippen LogP contribution is -2.50. The maximum atomic E-state index is 12.5. The number of amides is 2. The molecule has 5 nitrogen and oxygen atoms in total. The molecule has 0 radical (unpaired) electrons. The highest BCUT2D eigenvalue weighted by atomic mass is 16.4. The normalized spacial score (nSPS) is 21.0. The third-order valence-corrected chi connectivity index (χ3v) is 3.96. The maximum absolute atomic E-state index is 12.5. The Morgan fingerprint density at radius 3 is 2.63 bits per heavy atom. The fourth-order valence-electron chi connectivity index (χ4n) is 2.75. The first-order valence-electron chi connectivity index (χ1n) is 7.26. The average molecular weight is 270 g/mol. The second-order valence-corrected chi connectivity index (χ2v) is 5.38. The molecule has 1 fully saturated rings. The van der Waals surface area contributed by atoms with Crippen molar-refractivity contribution in [1.29, 1.82) is 0 Å². The van der Waals surface area contributed by atoms with Crippen molar-refractivity contribution >= 4 is 12.0 Å². The lowest BCUT2D eigenvalue weighted by atomic mass is 9.96. The van der Waals surface area contributed by atoms with Crippen molar-refractivity contribution in [2.24, 2.45) is 5.92 Å². The second-order valence-electron chi connectivity index (χ2n) is 5.38. The van der Waals surface area contributed by atoms with Gasteiger partial charge in [-0.15, -0.1) is 0 Å². The van der Waals surface area contributed by atoms with E-state index in [-0.39, 0.29) is 18.5 Å². The van der Waals surface area contributed by atoms with Crippen LogP contribution < -0.4 is 0 Å². The summed E-state index contributed by atoms with van der Waals surface area (Å²) in [5.74, 6) is -0.269. The first-order valence-corrected chi connectivity index (χ1v) is 7.26. The van der Waals surface area contributed by atoms with Gasteiger partial charge in [0, 0.05) is 25.7 Å². The number of likely N-dealkylation sites (tertiary alicyclic amines) is 1. The number of carboxylic acids is 1. The Morgan fingerprint density at radius 1 is 1.42 bits per heavy atom. The summed E-state index contributed by atoms with van der Waals surface area (Å²) in [6, 6.07) is -0.258. The van der Waals surface area contributed by atoms with E-state index in [9.17, 15) is 9.59 Å². The van der Waals surface area contributed by atoms with Crippen LogP contribution >= 0.6 is 0 Å². The number of rotatable bonds is 5. The molecule has 2 unspecified atom stereocenters. The van der Waals surface area contributed by atoms with Crippen LogP contribution in [0.4, 0.5) is 4.79 Å². The molecule has 0 aromatic heterocycles. The summed E-state index contributed by atoms with van der Waals surface area (Å²) in [4.78, 5) is 26.8. The minimum atomic E-state index is -0.858. The molecule has 1 aliphatic rings. The van der Waals surface area contributed by atoms with E-state index in [0.717, 1.165) is 25.9 Å². The van der Waals surface area contributed by atoms with E-state index in [1.165, 1.54) is 6.42 Å². The van der Waals surface area contributed by atoms with E-state index in [1.807, 2.05) is 11.8 Å². The minimum absolute atomic E-state index is 0.00459. The standard InChI is InChI=1S/C14H26N2O3/c1-4-12-7-6-8-15(10-12)14(19)16(5-2)11(3)9-13(17)18/h11-12H,4-10H2,1-3H3,(H,17,18). The molecule has 19 heavy (non-hydrogen) atoms. The van der Waals surface area contributed by atoms with E-state index < -0.39 is 5.97 Å². The van der Waals surface area contributed by atoms with Gasteiger partial charge in [0.2, 0.25) is 0 Å². The third kappa shape index (κ3) is 4.40. The van der Waals surface area contributed by atoms with Crippen molar-refractivity contribution in [3.05, 3.63) is 0 Å². The minimum Gasteiger partial charge on any atom is -0.481 e. The number of hydrogen-bond donors (Lipinski definition) is 1. The Kier molecular flexibility index (Phi) is 6.12. The zero-order valence-corrected chi connectivity index (χ0v) is 12.3. The lowest BCUT2D eigenvalue weighted by molar-refractivity contribution is -0.138. The highest BCUT2D eigenvalue weighted by Gasteiger charge is 2.28. The number of hydrogen-bond acceptors (Lipinski definition) is 2. The summed E-state index contributed by atoms with van der Waals surface area (Å²) < 4.78 is 0. The Labute approximate surface area is 115 Å². The summed E-state index contributed by atoms with van der Waals surface area (Å²) in [6.07, 6.45) is 3.34. The van der Waals surface area contributed by atoms with Gasteiger partial charge in [-0.05, 0) is 32.6 Å². The van der Waals surface area contributed by atoms with Crippen molar-refractivity contribution in [3.8, 4) is 0 Å². The molecule has 2 atom stereocenters. The van der Waals surface area contributed by atoms with Crippen LogP contribution in [0.1, 0.15) is 46.5 Å². The maximum Gasteiger partial charge on any atom is 0.320 e. The number of carbonyl (C=O) groups is 2. The number of aliphatic carboxylic acids is 1. The van der Waals surface area contributed by atoms with Gasteiger partial charge in [0.1, 0.15) is 0 Å². The summed E-state index contributed by atoms with van der Waals surface area (Å²) in [7, 11) is 0. The fourth-order valence-corrected chi connectivity index (χ4v) is 2.75. The number of carboxylic acid groups (broad SMARTS) is 1. The molecule has 5 heteroatoms. The highest BCUT2D eigenvalue weighted by molar-refractivity contribution is 5.76. The first-order chi connectivity index (χ1) is 8.99. The largest absolute Gasteiger partial charge is 0.481 e. The quantitative estimate of drug-likeness (QED) is 0.834. The molecule has 1 saturated heterocycles. The predicted molar refractivity (Wildman–Crippen MR) is 74.1 cm³/mol. The van der Waals surface area contributed by atoms with Crippen LogP contribution in [-0.2, 0) is 4.79 Å². The van der Waals surface area contributed by atoms with Crippen LogP contribution in [0, 0.1) is 5.92 Å². The van der Waals surface area contributed by atoms with Gasteiger partial charge in [0.15, 0.2) is 0 Å². The van der Waals surface area contributed by atoms with Gasteiger partial charge in [-0.25, -0.2) is 4.79 Å². The van der Waals surface area contributed by atoms with E-state index in [4.69, 9.17) is 5.11 Å². The monoisotopic (exact) mass is 270 g/mol. The van der Waals surface area contributed by atoms with Crippen LogP contribution in [0.15, 0.2) is 0 Å². The van der Waals surface area contributed by atoms with Gasteiger partial charge in [0.05, 0.1) is 6.42 Å². The molecular weight excluding hydrogens is 244 g/mol. The van der Waals surface area contributed by atoms with Gasteiger partial charge < -0.3 is 14.9 Å². The van der Waals surface area contributed by atoms with Gasteiger partial charge in [0.25, 0.3) is 0 Å². The van der Waals surface area contributed by atoms with Gasteiger partial charge in [-0.2, -0.15) is 0 Å². The van der Waals surface area contributed by atoms with E-state index in [0.29, 0.717) is 12.5 Å². The first kappa shape index (κ1) is 15.8. The lowest BCUT2D eigenvalue weighted by Gasteiger charge is -2.38. The Balaban J connectivity index is 2.64. The zero-order valence-electron chi connectivity index (χ0n) is 12.3. The molecule has 0 aromatic carbocycles. The molecule has 0 saturated carbocycles. The van der Waals surface area contributed by atoms with Crippen molar-refractivity contribution in [1.82, 2.24) is 9.80 Å². The second kappa shape index (κ2) is 7.36. The fraction of sp³-hybridized carbons (Fsp3) is 0.857. The summed E-state index contributed by atoms with van der Waals surface area (Å²) in [6.45, 7) is 8.02. The third-order valence-electron chi connectivity index (χ3n) is 3.96. The number of carbonyl (C=O) groups excluding carboxylic acids is 1. The predicted octanol–water partition coefficient (Wildman–Crippen LogP) is 2.41. The molecule has 1 heterocycles. The van der Waals surface area contributed by atoms with E-state index >= 15 is 0 Å². The molecule has 1 rings (SSSR count). The number of urea groups is 1. The van der Waals surface area contributed by atoms with Gasteiger partial charge in [-0.1, -0.05) is 13.3 Å². The molecule has 110 valence electrons. The Bertz CT molecular complexity index is 320. The summed E-state index contributed by atoms with van der Waals surface area (Å²) >= 11 is 0. The molecule has 1 aliphatic heterocycles. The SMILES string of the molecule is CCC1CCCN(C(=O)N(CC)C(C)CC(=O)O)C1. The molecule has 0 aliphatic carbocycles.